The van der Waals surface area contributed by atoms with Crippen LogP contribution in [0.2, 0.25) is 0 Å². The summed E-state index contributed by atoms with van der Waals surface area (Å²) in [6, 6.07) is 3.75. The van der Waals surface area contributed by atoms with Gasteiger partial charge in [0.05, 0.1) is 17.8 Å². The van der Waals surface area contributed by atoms with Gasteiger partial charge in [-0.15, -0.1) is 11.3 Å². The molecule has 1 amide bonds. The monoisotopic (exact) mass is 327 g/mol. The summed E-state index contributed by atoms with van der Waals surface area (Å²) in [4.78, 5) is 21.3. The van der Waals surface area contributed by atoms with Crippen LogP contribution in [0.5, 0.6) is 0 Å². The Morgan fingerprint density at radius 2 is 2.23 bits per heavy atom. The zero-order valence-electron chi connectivity index (χ0n) is 11.4. The van der Waals surface area contributed by atoms with Crippen LogP contribution in [0.1, 0.15) is 12.1 Å². The maximum atomic E-state index is 12.7. The van der Waals surface area contributed by atoms with Gasteiger partial charge >= 0.3 is 6.18 Å². The van der Waals surface area contributed by atoms with Crippen LogP contribution in [-0.2, 0) is 11.2 Å². The standard InChI is InChI=1S/C14H12F3N3OS/c15-14(16,17)11-4-6-20(11)12(21)7-9-8-22-13(19-9)10-3-1-2-5-18-10/h1-3,5,8,11H,4,6-7H2/t11-/m0/s1. The van der Waals surface area contributed by atoms with Crippen LogP contribution in [0, 0.1) is 0 Å². The second-order valence-corrected chi connectivity index (χ2v) is 5.83. The number of carbonyl (C=O) groups is 1. The van der Waals surface area contributed by atoms with Gasteiger partial charge in [0, 0.05) is 18.1 Å². The Balaban J connectivity index is 1.67. The fourth-order valence-corrected chi connectivity index (χ4v) is 3.07. The Hall–Kier alpha value is -1.96. The third kappa shape index (κ3) is 2.96. The van der Waals surface area contributed by atoms with Crippen LogP contribution in [-0.4, -0.2) is 39.5 Å². The van der Waals surface area contributed by atoms with Crippen molar-refractivity contribution in [2.24, 2.45) is 0 Å². The topological polar surface area (TPSA) is 46.1 Å². The lowest BCUT2D eigenvalue weighted by molar-refractivity contribution is -0.212. The zero-order valence-corrected chi connectivity index (χ0v) is 12.2. The van der Waals surface area contributed by atoms with Gasteiger partial charge in [0.1, 0.15) is 11.0 Å². The van der Waals surface area contributed by atoms with E-state index in [-0.39, 0.29) is 19.4 Å². The van der Waals surface area contributed by atoms with Crippen molar-refractivity contribution in [3.63, 3.8) is 0 Å². The van der Waals surface area contributed by atoms with Gasteiger partial charge in [0.2, 0.25) is 5.91 Å². The van der Waals surface area contributed by atoms with Gasteiger partial charge in [0.15, 0.2) is 0 Å². The van der Waals surface area contributed by atoms with Crippen molar-refractivity contribution >= 4 is 17.2 Å². The van der Waals surface area contributed by atoms with Crippen molar-refractivity contribution < 1.29 is 18.0 Å². The SMILES string of the molecule is O=C(Cc1csc(-c2ccccn2)n1)N1CC[C@H]1C(F)(F)F. The Bertz CT molecular complexity index is 671. The molecule has 116 valence electrons. The van der Waals surface area contributed by atoms with E-state index in [0.29, 0.717) is 16.4 Å². The van der Waals surface area contributed by atoms with E-state index < -0.39 is 18.1 Å². The summed E-state index contributed by atoms with van der Waals surface area (Å²) < 4.78 is 38.0. The Morgan fingerprint density at radius 1 is 1.41 bits per heavy atom. The molecule has 8 heteroatoms. The minimum atomic E-state index is -4.35. The minimum absolute atomic E-state index is 0.0223. The highest BCUT2D eigenvalue weighted by atomic mass is 32.1. The average Bonchev–Trinajstić information content (AvgIpc) is 2.84. The summed E-state index contributed by atoms with van der Waals surface area (Å²) >= 11 is 1.32. The van der Waals surface area contributed by atoms with Crippen LogP contribution >= 0.6 is 11.3 Å². The number of aromatic nitrogens is 2. The molecule has 2 aromatic rings. The Labute approximate surface area is 128 Å². The highest BCUT2D eigenvalue weighted by Gasteiger charge is 2.50. The molecule has 0 N–H and O–H groups in total. The number of hydrogen-bond acceptors (Lipinski definition) is 4. The van der Waals surface area contributed by atoms with Gasteiger partial charge in [-0.1, -0.05) is 6.07 Å². The molecule has 2 aromatic heterocycles. The first-order valence-corrected chi connectivity index (χ1v) is 7.55. The minimum Gasteiger partial charge on any atom is -0.330 e. The zero-order chi connectivity index (χ0) is 15.7. The van der Waals surface area contributed by atoms with Gasteiger partial charge < -0.3 is 4.90 Å². The largest absolute Gasteiger partial charge is 0.408 e. The molecule has 0 aliphatic carbocycles. The normalized spacial score (nSPS) is 18.1. The van der Waals surface area contributed by atoms with E-state index in [0.717, 1.165) is 4.90 Å². The Kier molecular flexibility index (Phi) is 3.86. The van der Waals surface area contributed by atoms with E-state index in [1.165, 1.54) is 11.3 Å². The number of rotatable bonds is 3. The highest BCUT2D eigenvalue weighted by molar-refractivity contribution is 7.13. The summed E-state index contributed by atoms with van der Waals surface area (Å²) in [5.74, 6) is -0.536. The summed E-state index contributed by atoms with van der Waals surface area (Å²) in [5.41, 5.74) is 1.16. The van der Waals surface area contributed by atoms with E-state index in [2.05, 4.69) is 9.97 Å². The summed E-state index contributed by atoms with van der Waals surface area (Å²) in [7, 11) is 0. The van der Waals surface area contributed by atoms with Gasteiger partial charge in [-0.3, -0.25) is 9.78 Å². The molecule has 0 unspecified atom stereocenters. The van der Waals surface area contributed by atoms with Gasteiger partial charge in [0.25, 0.3) is 0 Å². The molecular weight excluding hydrogens is 315 g/mol. The van der Waals surface area contributed by atoms with E-state index >= 15 is 0 Å². The molecule has 0 aromatic carbocycles. The van der Waals surface area contributed by atoms with E-state index in [1.807, 2.05) is 6.07 Å². The maximum absolute atomic E-state index is 12.7. The quantitative estimate of drug-likeness (QED) is 0.871. The first-order valence-electron chi connectivity index (χ1n) is 6.67. The number of pyridine rings is 1. The molecule has 0 bridgehead atoms. The number of carbonyl (C=O) groups excluding carboxylic acids is 1. The Morgan fingerprint density at radius 3 is 2.82 bits per heavy atom. The fourth-order valence-electron chi connectivity index (χ4n) is 2.28. The second-order valence-electron chi connectivity index (χ2n) is 4.97. The van der Waals surface area contributed by atoms with Crippen LogP contribution in [0.3, 0.4) is 0 Å². The van der Waals surface area contributed by atoms with E-state index in [4.69, 9.17) is 0 Å². The molecule has 22 heavy (non-hydrogen) atoms. The van der Waals surface area contributed by atoms with Crippen LogP contribution in [0.15, 0.2) is 29.8 Å². The van der Waals surface area contributed by atoms with E-state index in [9.17, 15) is 18.0 Å². The molecule has 1 fully saturated rings. The summed E-state index contributed by atoms with van der Waals surface area (Å²) in [5, 5.41) is 2.34. The number of likely N-dealkylation sites (tertiary alicyclic amines) is 1. The average molecular weight is 327 g/mol. The predicted octanol–water partition coefficient (Wildman–Crippen LogP) is 2.91. The van der Waals surface area contributed by atoms with Crippen molar-refractivity contribution in [1.82, 2.24) is 14.9 Å². The lowest BCUT2D eigenvalue weighted by Crippen LogP contribution is -2.58. The molecule has 1 aliphatic rings. The fraction of sp³-hybridized carbons (Fsp3) is 0.357. The number of amides is 1. The second kappa shape index (κ2) is 5.68. The smallest absolute Gasteiger partial charge is 0.330 e. The van der Waals surface area contributed by atoms with Crippen molar-refractivity contribution in [2.45, 2.75) is 25.1 Å². The molecule has 0 spiro atoms. The van der Waals surface area contributed by atoms with Crippen LogP contribution < -0.4 is 0 Å². The lowest BCUT2D eigenvalue weighted by Gasteiger charge is -2.41. The molecular formula is C14H12F3N3OS. The number of thiazole rings is 1. The maximum Gasteiger partial charge on any atom is 0.408 e. The highest BCUT2D eigenvalue weighted by Crippen LogP contribution is 2.34. The van der Waals surface area contributed by atoms with Crippen LogP contribution in [0.4, 0.5) is 13.2 Å². The van der Waals surface area contributed by atoms with Gasteiger partial charge in [-0.2, -0.15) is 13.2 Å². The number of nitrogens with zero attached hydrogens (tertiary/aromatic N) is 3. The molecule has 3 heterocycles. The predicted molar refractivity (Wildman–Crippen MR) is 75.2 cm³/mol. The van der Waals surface area contributed by atoms with E-state index in [1.54, 1.807) is 23.7 Å². The summed E-state index contributed by atoms with van der Waals surface area (Å²) in [6.07, 6.45) is -2.86. The van der Waals surface area contributed by atoms with Gasteiger partial charge in [-0.05, 0) is 18.6 Å². The number of halogens is 3. The van der Waals surface area contributed by atoms with Crippen molar-refractivity contribution in [3.05, 3.63) is 35.5 Å². The third-order valence-electron chi connectivity index (χ3n) is 3.49. The molecule has 0 radical (unpaired) electrons. The molecule has 1 aliphatic heterocycles. The van der Waals surface area contributed by atoms with Gasteiger partial charge in [-0.25, -0.2) is 4.98 Å². The number of alkyl halides is 3. The molecule has 3 rings (SSSR count). The molecule has 1 atom stereocenters. The summed E-state index contributed by atoms with van der Waals surface area (Å²) in [6.45, 7) is 0.153. The van der Waals surface area contributed by atoms with Crippen molar-refractivity contribution in [3.8, 4) is 10.7 Å². The lowest BCUT2D eigenvalue weighted by atomic mass is 10.0. The third-order valence-corrected chi connectivity index (χ3v) is 4.40. The van der Waals surface area contributed by atoms with Crippen LogP contribution in [0.25, 0.3) is 10.7 Å². The number of hydrogen-bond donors (Lipinski definition) is 0. The molecule has 4 nitrogen and oxygen atoms in total. The first kappa shape index (κ1) is 15.0. The first-order chi connectivity index (χ1) is 10.4. The molecule has 0 saturated carbocycles. The van der Waals surface area contributed by atoms with Crippen molar-refractivity contribution in [2.75, 3.05) is 6.54 Å². The van der Waals surface area contributed by atoms with Crippen molar-refractivity contribution in [1.29, 1.82) is 0 Å². The molecule has 1 saturated heterocycles.